The van der Waals surface area contributed by atoms with Crippen molar-refractivity contribution in [3.63, 3.8) is 0 Å². The Bertz CT molecular complexity index is 1480. The predicted molar refractivity (Wildman–Crippen MR) is 146 cm³/mol. The zero-order valence-electron chi connectivity index (χ0n) is 22.9. The standard InChI is InChI=1S/C26H34ClN9O3/c1-16-23(27)30-25(28-13-17-6-7-18(38-4)12-21(17)39-5)36-24(16)29-22(32-36)9-11-34-10-8-20-19(14-34)31-33-35(20)15-26(2,3)37/h6-7,12,37H,8-11,13-15H2,1-5H3,(H,28,30). The number of anilines is 1. The number of ether oxygens (including phenoxy) is 2. The molecule has 3 aromatic heterocycles. The summed E-state index contributed by atoms with van der Waals surface area (Å²) in [6.07, 6.45) is 1.50. The molecule has 13 heteroatoms. The minimum absolute atomic E-state index is 0.378. The molecule has 0 radical (unpaired) electrons. The third kappa shape index (κ3) is 5.92. The van der Waals surface area contributed by atoms with E-state index < -0.39 is 5.60 Å². The lowest BCUT2D eigenvalue weighted by atomic mass is 10.1. The first-order chi connectivity index (χ1) is 18.6. The van der Waals surface area contributed by atoms with Gasteiger partial charge in [-0.05, 0) is 32.9 Å². The highest BCUT2D eigenvalue weighted by Crippen LogP contribution is 2.26. The summed E-state index contributed by atoms with van der Waals surface area (Å²) in [5, 5.41) is 27.2. The maximum atomic E-state index is 10.2. The van der Waals surface area contributed by atoms with E-state index in [2.05, 4.69) is 25.5 Å². The van der Waals surface area contributed by atoms with Crippen LogP contribution in [0, 0.1) is 6.92 Å². The van der Waals surface area contributed by atoms with Gasteiger partial charge in [-0.25, -0.2) is 14.6 Å². The fraction of sp³-hybridized carbons (Fsp3) is 0.500. The van der Waals surface area contributed by atoms with E-state index in [9.17, 15) is 5.11 Å². The summed E-state index contributed by atoms with van der Waals surface area (Å²) in [5.74, 6) is 2.64. The molecule has 208 valence electrons. The summed E-state index contributed by atoms with van der Waals surface area (Å²) < 4.78 is 14.3. The number of halogens is 1. The lowest BCUT2D eigenvalue weighted by Gasteiger charge is -2.26. The van der Waals surface area contributed by atoms with Crippen molar-refractivity contribution < 1.29 is 14.6 Å². The number of nitrogens with zero attached hydrogens (tertiary/aromatic N) is 8. The number of methoxy groups -OCH3 is 2. The lowest BCUT2D eigenvalue weighted by molar-refractivity contribution is 0.0558. The van der Waals surface area contributed by atoms with Crippen LogP contribution in [-0.4, -0.2) is 77.5 Å². The smallest absolute Gasteiger partial charge is 0.227 e. The zero-order valence-corrected chi connectivity index (χ0v) is 23.7. The Morgan fingerprint density at radius 2 is 2.00 bits per heavy atom. The van der Waals surface area contributed by atoms with Crippen molar-refractivity contribution in [2.24, 2.45) is 0 Å². The van der Waals surface area contributed by atoms with Gasteiger partial charge in [-0.2, -0.15) is 4.52 Å². The third-order valence-corrected chi connectivity index (χ3v) is 7.14. The number of nitrogens with one attached hydrogen (secondary N) is 1. The first-order valence-corrected chi connectivity index (χ1v) is 13.3. The molecule has 0 amide bonds. The van der Waals surface area contributed by atoms with Crippen LogP contribution in [0.5, 0.6) is 11.5 Å². The van der Waals surface area contributed by atoms with E-state index >= 15 is 0 Å². The number of hydrogen-bond donors (Lipinski definition) is 2. The fourth-order valence-corrected chi connectivity index (χ4v) is 4.88. The van der Waals surface area contributed by atoms with Gasteiger partial charge >= 0.3 is 0 Å². The lowest BCUT2D eigenvalue weighted by Crippen LogP contribution is -2.34. The molecule has 1 aliphatic rings. The van der Waals surface area contributed by atoms with E-state index in [1.54, 1.807) is 32.6 Å². The molecule has 0 fully saturated rings. The number of benzene rings is 1. The molecule has 0 bridgehead atoms. The van der Waals surface area contributed by atoms with Crippen molar-refractivity contribution in [3.8, 4) is 11.5 Å². The molecular formula is C26H34ClN9O3. The van der Waals surface area contributed by atoms with Gasteiger partial charge in [-0.1, -0.05) is 16.8 Å². The highest BCUT2D eigenvalue weighted by molar-refractivity contribution is 6.30. The molecule has 0 saturated carbocycles. The quantitative estimate of drug-likeness (QED) is 0.282. The van der Waals surface area contributed by atoms with Crippen LogP contribution in [0.2, 0.25) is 5.15 Å². The van der Waals surface area contributed by atoms with Crippen LogP contribution in [-0.2, 0) is 32.5 Å². The van der Waals surface area contributed by atoms with Crippen LogP contribution < -0.4 is 14.8 Å². The topological polar surface area (TPSA) is 128 Å². The largest absolute Gasteiger partial charge is 0.497 e. The van der Waals surface area contributed by atoms with Gasteiger partial charge in [-0.15, -0.1) is 10.2 Å². The third-order valence-electron chi connectivity index (χ3n) is 6.78. The van der Waals surface area contributed by atoms with Crippen LogP contribution in [0.3, 0.4) is 0 Å². The van der Waals surface area contributed by atoms with Crippen molar-refractivity contribution in [1.82, 2.24) is 39.5 Å². The summed E-state index contributed by atoms with van der Waals surface area (Å²) in [6.45, 7) is 8.69. The van der Waals surface area contributed by atoms with Crippen LogP contribution in [0.4, 0.5) is 5.95 Å². The van der Waals surface area contributed by atoms with E-state index in [1.165, 1.54) is 0 Å². The second-order valence-electron chi connectivity index (χ2n) is 10.4. The number of aromatic nitrogens is 7. The van der Waals surface area contributed by atoms with Gasteiger partial charge in [-0.3, -0.25) is 4.90 Å². The second kappa shape index (κ2) is 10.9. The second-order valence-corrected chi connectivity index (χ2v) is 10.7. The molecule has 1 aliphatic heterocycles. The Morgan fingerprint density at radius 3 is 2.74 bits per heavy atom. The van der Waals surface area contributed by atoms with Crippen LogP contribution in [0.1, 0.15) is 42.2 Å². The van der Waals surface area contributed by atoms with Gasteiger partial charge in [0, 0.05) is 56.2 Å². The summed E-state index contributed by atoms with van der Waals surface area (Å²) in [7, 11) is 3.25. The van der Waals surface area contributed by atoms with Crippen LogP contribution in [0.15, 0.2) is 18.2 Å². The Kier molecular flexibility index (Phi) is 7.61. The SMILES string of the molecule is COc1ccc(CNc2nc(Cl)c(C)c3nc(CCN4CCc5c(nnn5CC(C)(C)O)C4)nn23)c(OC)c1. The molecule has 4 heterocycles. The van der Waals surface area contributed by atoms with Gasteiger partial charge in [0.25, 0.3) is 0 Å². The Balaban J connectivity index is 1.28. The molecule has 4 aromatic rings. The molecular weight excluding hydrogens is 522 g/mol. The van der Waals surface area contributed by atoms with Crippen molar-refractivity contribution in [2.75, 3.05) is 32.6 Å². The van der Waals surface area contributed by atoms with Crippen molar-refractivity contribution in [3.05, 3.63) is 51.7 Å². The number of aryl methyl sites for hydroxylation is 1. The van der Waals surface area contributed by atoms with Gasteiger partial charge < -0.3 is 19.9 Å². The molecule has 5 rings (SSSR count). The van der Waals surface area contributed by atoms with Crippen LogP contribution >= 0.6 is 11.6 Å². The molecule has 1 aromatic carbocycles. The fourth-order valence-electron chi connectivity index (χ4n) is 4.72. The van der Waals surface area contributed by atoms with Crippen molar-refractivity contribution in [1.29, 1.82) is 0 Å². The minimum Gasteiger partial charge on any atom is -0.497 e. The Hall–Kier alpha value is -3.48. The first-order valence-electron chi connectivity index (χ1n) is 12.9. The number of fused-ring (bicyclic) bond motifs is 2. The highest BCUT2D eigenvalue weighted by Gasteiger charge is 2.25. The normalized spacial score (nSPS) is 14.0. The molecule has 0 atom stereocenters. The van der Waals surface area contributed by atoms with Gasteiger partial charge in [0.05, 0.1) is 37.8 Å². The Labute approximate surface area is 231 Å². The number of aliphatic hydroxyl groups is 1. The summed E-state index contributed by atoms with van der Waals surface area (Å²) in [5.41, 5.74) is 3.60. The van der Waals surface area contributed by atoms with Gasteiger partial charge in [0.15, 0.2) is 11.5 Å². The number of rotatable bonds is 10. The van der Waals surface area contributed by atoms with E-state index in [4.69, 9.17) is 31.2 Å². The highest BCUT2D eigenvalue weighted by atomic mass is 35.5. The zero-order chi connectivity index (χ0) is 27.7. The predicted octanol–water partition coefficient (Wildman–Crippen LogP) is 2.68. The first kappa shape index (κ1) is 27.1. The molecule has 0 unspecified atom stereocenters. The number of hydrogen-bond acceptors (Lipinski definition) is 10. The van der Waals surface area contributed by atoms with Crippen LogP contribution in [0.25, 0.3) is 5.65 Å². The molecule has 0 saturated heterocycles. The van der Waals surface area contributed by atoms with Crippen molar-refractivity contribution >= 4 is 23.2 Å². The maximum Gasteiger partial charge on any atom is 0.227 e. The summed E-state index contributed by atoms with van der Waals surface area (Å²) >= 11 is 6.46. The molecule has 0 aliphatic carbocycles. The van der Waals surface area contributed by atoms with Crippen molar-refractivity contribution in [2.45, 2.75) is 58.8 Å². The van der Waals surface area contributed by atoms with E-state index in [1.807, 2.05) is 29.8 Å². The van der Waals surface area contributed by atoms with E-state index in [0.717, 1.165) is 47.8 Å². The molecule has 39 heavy (non-hydrogen) atoms. The van der Waals surface area contributed by atoms with E-state index in [-0.39, 0.29) is 0 Å². The molecule has 0 spiro atoms. The monoisotopic (exact) mass is 555 g/mol. The minimum atomic E-state index is -0.836. The maximum absolute atomic E-state index is 10.2. The summed E-state index contributed by atoms with van der Waals surface area (Å²) in [6, 6.07) is 5.67. The Morgan fingerprint density at radius 1 is 1.18 bits per heavy atom. The molecule has 2 N–H and O–H groups in total. The average molecular weight is 556 g/mol. The van der Waals surface area contributed by atoms with Gasteiger partial charge in [0.1, 0.15) is 16.7 Å². The summed E-state index contributed by atoms with van der Waals surface area (Å²) in [4.78, 5) is 11.6. The average Bonchev–Trinajstić information content (AvgIpc) is 3.52. The van der Waals surface area contributed by atoms with E-state index in [0.29, 0.717) is 54.4 Å². The molecule has 12 nitrogen and oxygen atoms in total. The van der Waals surface area contributed by atoms with Gasteiger partial charge in [0.2, 0.25) is 5.95 Å².